The van der Waals surface area contributed by atoms with Gasteiger partial charge in [-0.2, -0.15) is 13.2 Å². The van der Waals surface area contributed by atoms with E-state index >= 15 is 0 Å². The molecule has 0 radical (unpaired) electrons. The Balaban J connectivity index is 2.05. The molecule has 146 valence electrons. The Kier molecular flexibility index (Phi) is 6.64. The van der Waals surface area contributed by atoms with E-state index in [4.69, 9.17) is 16.3 Å². The smallest absolute Gasteiger partial charge is 0.417 e. The van der Waals surface area contributed by atoms with Crippen molar-refractivity contribution in [1.29, 1.82) is 0 Å². The van der Waals surface area contributed by atoms with Gasteiger partial charge >= 0.3 is 6.18 Å². The van der Waals surface area contributed by atoms with E-state index in [0.29, 0.717) is 12.7 Å². The fraction of sp³-hybridized carbons (Fsp3) is 0.389. The zero-order chi connectivity index (χ0) is 20.2. The van der Waals surface area contributed by atoms with Gasteiger partial charge < -0.3 is 9.64 Å². The van der Waals surface area contributed by atoms with Crippen molar-refractivity contribution in [2.24, 2.45) is 0 Å². The average molecular weight is 402 g/mol. The highest BCUT2D eigenvalue weighted by molar-refractivity contribution is 6.32. The second-order valence-corrected chi connectivity index (χ2v) is 6.34. The van der Waals surface area contributed by atoms with Crippen molar-refractivity contribution in [2.75, 3.05) is 13.2 Å². The monoisotopic (exact) mass is 401 g/mol. The lowest BCUT2D eigenvalue weighted by atomic mass is 10.1. The van der Waals surface area contributed by atoms with Crippen LogP contribution >= 0.6 is 11.6 Å². The molecule has 0 fully saturated rings. The van der Waals surface area contributed by atoms with Crippen molar-refractivity contribution in [1.82, 2.24) is 14.9 Å². The molecule has 2 aromatic rings. The first-order valence-electron chi connectivity index (χ1n) is 8.22. The molecule has 1 atom stereocenters. The summed E-state index contributed by atoms with van der Waals surface area (Å²) in [4.78, 5) is 21.9. The average Bonchev–Trinajstić information content (AvgIpc) is 2.62. The number of pyridine rings is 2. The molecule has 0 spiro atoms. The summed E-state index contributed by atoms with van der Waals surface area (Å²) in [5, 5.41) is 0.113. The molecule has 2 heterocycles. The van der Waals surface area contributed by atoms with E-state index < -0.39 is 11.7 Å². The molecule has 2 aromatic heterocycles. The van der Waals surface area contributed by atoms with Gasteiger partial charge in [0, 0.05) is 25.0 Å². The standard InChI is InChI=1S/C18H19ClF3N3O2/c1-4-25(17(26)14-7-11(2)8-24-16(14)19)12(3)10-27-15-6-5-13(9-23-15)18(20,21)22/h5-9,12H,4,10H2,1-3H3/t12-/m0/s1. The molecule has 0 aromatic carbocycles. The van der Waals surface area contributed by atoms with Crippen molar-refractivity contribution in [3.8, 4) is 5.88 Å². The molecule has 0 aliphatic rings. The van der Waals surface area contributed by atoms with E-state index in [1.807, 2.05) is 6.92 Å². The SMILES string of the molecule is CCN(C(=O)c1cc(C)cnc1Cl)[C@@H](C)COc1ccc(C(F)(F)F)cn1. The summed E-state index contributed by atoms with van der Waals surface area (Å²) in [5.41, 5.74) is 0.240. The van der Waals surface area contributed by atoms with Crippen LogP contribution in [0, 0.1) is 6.92 Å². The van der Waals surface area contributed by atoms with Crippen molar-refractivity contribution < 1.29 is 22.7 Å². The van der Waals surface area contributed by atoms with Gasteiger partial charge in [0.2, 0.25) is 5.88 Å². The zero-order valence-electron chi connectivity index (χ0n) is 15.0. The second kappa shape index (κ2) is 8.56. The number of carbonyl (C=O) groups excluding carboxylic acids is 1. The van der Waals surface area contributed by atoms with Gasteiger partial charge in [-0.05, 0) is 38.5 Å². The number of hydrogen-bond acceptors (Lipinski definition) is 4. The van der Waals surface area contributed by atoms with Crippen LogP contribution in [0.1, 0.15) is 35.3 Å². The molecule has 0 N–H and O–H groups in total. The van der Waals surface area contributed by atoms with Gasteiger partial charge in [0.1, 0.15) is 11.8 Å². The number of alkyl halides is 3. The molecule has 0 saturated heterocycles. The molecule has 5 nitrogen and oxygen atoms in total. The van der Waals surface area contributed by atoms with Gasteiger partial charge in [-0.3, -0.25) is 4.79 Å². The van der Waals surface area contributed by atoms with Gasteiger partial charge in [0.05, 0.1) is 17.2 Å². The first-order chi connectivity index (χ1) is 12.6. The zero-order valence-corrected chi connectivity index (χ0v) is 15.8. The molecule has 0 bridgehead atoms. The summed E-state index contributed by atoms with van der Waals surface area (Å²) in [6.07, 6.45) is -2.18. The Labute approximate surface area is 160 Å². The second-order valence-electron chi connectivity index (χ2n) is 5.99. The Bertz CT molecular complexity index is 797. The minimum atomic E-state index is -4.45. The topological polar surface area (TPSA) is 55.3 Å². The summed E-state index contributed by atoms with van der Waals surface area (Å²) < 4.78 is 43.1. The van der Waals surface area contributed by atoms with Crippen LogP contribution in [0.5, 0.6) is 5.88 Å². The summed E-state index contributed by atoms with van der Waals surface area (Å²) in [5.74, 6) is -0.246. The molecule has 0 aliphatic carbocycles. The fourth-order valence-electron chi connectivity index (χ4n) is 2.44. The highest BCUT2D eigenvalue weighted by Gasteiger charge is 2.30. The van der Waals surface area contributed by atoms with Crippen molar-refractivity contribution in [3.63, 3.8) is 0 Å². The third kappa shape index (κ3) is 5.32. The normalized spacial score (nSPS) is 12.6. The van der Waals surface area contributed by atoms with Crippen LogP contribution in [0.25, 0.3) is 0 Å². The molecule has 9 heteroatoms. The first-order valence-corrected chi connectivity index (χ1v) is 8.60. The third-order valence-corrected chi connectivity index (χ3v) is 4.18. The number of likely N-dealkylation sites (N-methyl/N-ethyl adjacent to an activating group) is 1. The molecule has 1 amide bonds. The molecule has 2 rings (SSSR count). The minimum absolute atomic E-state index is 0.0496. The van der Waals surface area contributed by atoms with E-state index in [0.717, 1.165) is 17.7 Å². The number of aromatic nitrogens is 2. The summed E-state index contributed by atoms with van der Waals surface area (Å²) in [7, 11) is 0. The van der Waals surface area contributed by atoms with E-state index in [1.54, 1.807) is 31.0 Å². The van der Waals surface area contributed by atoms with E-state index in [2.05, 4.69) is 9.97 Å². The van der Waals surface area contributed by atoms with Gasteiger partial charge in [-0.1, -0.05) is 11.6 Å². The van der Waals surface area contributed by atoms with Gasteiger partial charge in [-0.15, -0.1) is 0 Å². The number of aryl methyl sites for hydroxylation is 1. The Morgan fingerprint density at radius 1 is 1.30 bits per heavy atom. The minimum Gasteiger partial charge on any atom is -0.475 e. The molecular formula is C18H19ClF3N3O2. The predicted octanol–water partition coefficient (Wildman–Crippen LogP) is 4.39. The number of amides is 1. The van der Waals surface area contributed by atoms with Crippen LogP contribution in [-0.2, 0) is 6.18 Å². The van der Waals surface area contributed by atoms with Crippen molar-refractivity contribution >= 4 is 17.5 Å². The molecule has 0 aliphatic heterocycles. The first kappa shape index (κ1) is 21.0. The van der Waals surface area contributed by atoms with Crippen LogP contribution in [0.4, 0.5) is 13.2 Å². The summed E-state index contributed by atoms with van der Waals surface area (Å²) >= 11 is 6.03. The highest BCUT2D eigenvalue weighted by atomic mass is 35.5. The Hall–Kier alpha value is -2.35. The van der Waals surface area contributed by atoms with E-state index in [-0.39, 0.29) is 35.2 Å². The fourth-order valence-corrected chi connectivity index (χ4v) is 2.63. The lowest BCUT2D eigenvalue weighted by Crippen LogP contribution is -2.42. The number of rotatable bonds is 6. The van der Waals surface area contributed by atoms with E-state index in [9.17, 15) is 18.0 Å². The highest BCUT2D eigenvalue weighted by Crippen LogP contribution is 2.29. The van der Waals surface area contributed by atoms with Crippen LogP contribution in [0.15, 0.2) is 30.6 Å². The van der Waals surface area contributed by atoms with Crippen LogP contribution in [-0.4, -0.2) is 40.0 Å². The lowest BCUT2D eigenvalue weighted by molar-refractivity contribution is -0.137. The largest absolute Gasteiger partial charge is 0.475 e. The van der Waals surface area contributed by atoms with Gasteiger partial charge in [0.15, 0.2) is 0 Å². The third-order valence-electron chi connectivity index (χ3n) is 3.88. The Morgan fingerprint density at radius 3 is 2.56 bits per heavy atom. The number of hydrogen-bond donors (Lipinski definition) is 0. The maximum absolute atomic E-state index is 12.8. The van der Waals surface area contributed by atoms with Crippen LogP contribution < -0.4 is 4.74 Å². The quantitative estimate of drug-likeness (QED) is 0.674. The molecule has 0 saturated carbocycles. The number of halogens is 4. The van der Waals surface area contributed by atoms with Crippen LogP contribution in [0.3, 0.4) is 0 Å². The summed E-state index contributed by atoms with van der Waals surface area (Å²) in [6, 6.07) is 3.34. The molecule has 27 heavy (non-hydrogen) atoms. The van der Waals surface area contributed by atoms with Crippen LogP contribution in [0.2, 0.25) is 5.15 Å². The molecule has 0 unspecified atom stereocenters. The van der Waals surface area contributed by atoms with Crippen molar-refractivity contribution in [2.45, 2.75) is 33.0 Å². The van der Waals surface area contributed by atoms with Gasteiger partial charge in [0.25, 0.3) is 5.91 Å². The number of carbonyl (C=O) groups is 1. The molecular weight excluding hydrogens is 383 g/mol. The van der Waals surface area contributed by atoms with Gasteiger partial charge in [-0.25, -0.2) is 9.97 Å². The van der Waals surface area contributed by atoms with Crippen molar-refractivity contribution in [3.05, 3.63) is 52.4 Å². The van der Waals surface area contributed by atoms with E-state index in [1.165, 1.54) is 0 Å². The maximum Gasteiger partial charge on any atom is 0.417 e. The number of nitrogens with zero attached hydrogens (tertiary/aromatic N) is 3. The predicted molar refractivity (Wildman–Crippen MR) is 94.9 cm³/mol. The maximum atomic E-state index is 12.8. The summed E-state index contributed by atoms with van der Waals surface area (Å²) in [6.45, 7) is 5.84. The Morgan fingerprint density at radius 2 is 2.00 bits per heavy atom. The number of ether oxygens (including phenoxy) is 1. The lowest BCUT2D eigenvalue weighted by Gasteiger charge is -2.28.